The van der Waals surface area contributed by atoms with Crippen molar-refractivity contribution in [3.05, 3.63) is 11.8 Å². The minimum absolute atomic E-state index is 0.568. The Hall–Kier alpha value is -1.32. The van der Waals surface area contributed by atoms with Gasteiger partial charge in [0.25, 0.3) is 0 Å². The van der Waals surface area contributed by atoms with Crippen LogP contribution in [0, 0.1) is 12.8 Å². The number of hydrogen-bond donors (Lipinski definition) is 2. The van der Waals surface area contributed by atoms with E-state index in [1.807, 2.05) is 6.20 Å². The average molecular weight is 234 g/mol. The van der Waals surface area contributed by atoms with E-state index in [0.717, 1.165) is 23.8 Å². The van der Waals surface area contributed by atoms with Crippen LogP contribution in [0.15, 0.2) is 6.20 Å². The highest BCUT2D eigenvalue weighted by atomic mass is 15.1. The van der Waals surface area contributed by atoms with E-state index in [0.29, 0.717) is 12.0 Å². The first-order chi connectivity index (χ1) is 8.20. The summed E-state index contributed by atoms with van der Waals surface area (Å²) in [7, 11) is 0. The van der Waals surface area contributed by atoms with E-state index in [1.165, 1.54) is 19.3 Å². The second-order valence-corrected chi connectivity index (χ2v) is 4.91. The van der Waals surface area contributed by atoms with Gasteiger partial charge in [-0.05, 0) is 32.6 Å². The maximum Gasteiger partial charge on any atom is 0.224 e. The predicted molar refractivity (Wildman–Crippen MR) is 71.4 cm³/mol. The molecule has 0 amide bonds. The fourth-order valence-electron chi connectivity index (χ4n) is 2.37. The maximum atomic E-state index is 4.53. The number of nitrogens with one attached hydrogen (secondary N) is 2. The van der Waals surface area contributed by atoms with Crippen LogP contribution in [0.1, 0.15) is 38.7 Å². The van der Waals surface area contributed by atoms with Gasteiger partial charge >= 0.3 is 0 Å². The molecule has 0 radical (unpaired) electrons. The lowest BCUT2D eigenvalue weighted by Gasteiger charge is -2.19. The molecule has 2 unspecified atom stereocenters. The monoisotopic (exact) mass is 234 g/mol. The number of rotatable bonds is 4. The van der Waals surface area contributed by atoms with Gasteiger partial charge < -0.3 is 10.6 Å². The molecular formula is C13H22N4. The average Bonchev–Trinajstić information content (AvgIpc) is 2.70. The second-order valence-electron chi connectivity index (χ2n) is 4.91. The molecule has 0 spiro atoms. The number of hydrogen-bond acceptors (Lipinski definition) is 4. The molecular weight excluding hydrogens is 212 g/mol. The highest BCUT2D eigenvalue weighted by Crippen LogP contribution is 2.28. The van der Waals surface area contributed by atoms with Crippen molar-refractivity contribution >= 4 is 11.8 Å². The summed E-state index contributed by atoms with van der Waals surface area (Å²) in [5.41, 5.74) is 1.12. The third-order valence-corrected chi connectivity index (χ3v) is 3.49. The van der Waals surface area contributed by atoms with Crippen molar-refractivity contribution < 1.29 is 0 Å². The Kier molecular flexibility index (Phi) is 3.82. The van der Waals surface area contributed by atoms with Crippen LogP contribution < -0.4 is 10.6 Å². The van der Waals surface area contributed by atoms with Crippen molar-refractivity contribution in [2.24, 2.45) is 5.92 Å². The summed E-state index contributed by atoms with van der Waals surface area (Å²) >= 11 is 0. The molecule has 1 saturated carbocycles. The molecule has 0 aromatic carbocycles. The van der Waals surface area contributed by atoms with Crippen LogP contribution in [-0.4, -0.2) is 22.6 Å². The van der Waals surface area contributed by atoms with E-state index in [4.69, 9.17) is 0 Å². The molecule has 2 atom stereocenters. The summed E-state index contributed by atoms with van der Waals surface area (Å²) in [5.74, 6) is 2.44. The highest BCUT2D eigenvalue weighted by Gasteiger charge is 2.23. The van der Waals surface area contributed by atoms with Gasteiger partial charge in [-0.15, -0.1) is 0 Å². The van der Waals surface area contributed by atoms with Gasteiger partial charge in [-0.1, -0.05) is 13.3 Å². The van der Waals surface area contributed by atoms with Gasteiger partial charge in [0.05, 0.1) is 0 Å². The molecule has 0 bridgehead atoms. The summed E-state index contributed by atoms with van der Waals surface area (Å²) in [6.45, 7) is 7.27. The molecule has 1 aromatic heterocycles. The van der Waals surface area contributed by atoms with E-state index in [9.17, 15) is 0 Å². The summed E-state index contributed by atoms with van der Waals surface area (Å²) < 4.78 is 0. The van der Waals surface area contributed by atoms with E-state index < -0.39 is 0 Å². The highest BCUT2D eigenvalue weighted by molar-refractivity contribution is 5.47. The number of aryl methyl sites for hydroxylation is 1. The lowest BCUT2D eigenvalue weighted by molar-refractivity contribution is 0.554. The first-order valence-electron chi connectivity index (χ1n) is 6.54. The van der Waals surface area contributed by atoms with Crippen LogP contribution in [0.2, 0.25) is 0 Å². The van der Waals surface area contributed by atoms with Crippen LogP contribution in [-0.2, 0) is 0 Å². The van der Waals surface area contributed by atoms with Crippen molar-refractivity contribution in [3.63, 3.8) is 0 Å². The van der Waals surface area contributed by atoms with Crippen LogP contribution in [0.4, 0.5) is 11.8 Å². The van der Waals surface area contributed by atoms with Crippen LogP contribution in [0.5, 0.6) is 0 Å². The summed E-state index contributed by atoms with van der Waals surface area (Å²) in [6.07, 6.45) is 5.78. The summed E-state index contributed by atoms with van der Waals surface area (Å²) in [5, 5.41) is 6.72. The molecule has 1 fully saturated rings. The fraction of sp³-hybridized carbons (Fsp3) is 0.692. The molecule has 2 rings (SSSR count). The number of nitrogens with zero attached hydrogens (tertiary/aromatic N) is 2. The molecule has 4 heteroatoms. The quantitative estimate of drug-likeness (QED) is 0.841. The molecule has 1 aromatic rings. The van der Waals surface area contributed by atoms with E-state index in [-0.39, 0.29) is 0 Å². The largest absolute Gasteiger partial charge is 0.367 e. The number of aromatic nitrogens is 2. The smallest absolute Gasteiger partial charge is 0.224 e. The van der Waals surface area contributed by atoms with Gasteiger partial charge in [-0.25, -0.2) is 4.98 Å². The molecule has 94 valence electrons. The Morgan fingerprint density at radius 1 is 1.41 bits per heavy atom. The molecule has 2 N–H and O–H groups in total. The topological polar surface area (TPSA) is 49.8 Å². The van der Waals surface area contributed by atoms with Crippen molar-refractivity contribution in [3.8, 4) is 0 Å². The van der Waals surface area contributed by atoms with Gasteiger partial charge in [0.2, 0.25) is 5.95 Å². The summed E-state index contributed by atoms with van der Waals surface area (Å²) in [4.78, 5) is 8.79. The molecule has 0 aliphatic heterocycles. The molecule has 0 saturated heterocycles. The minimum atomic E-state index is 0.568. The van der Waals surface area contributed by atoms with Crippen molar-refractivity contribution in [1.82, 2.24) is 9.97 Å². The molecule has 1 heterocycles. The lowest BCUT2D eigenvalue weighted by atomic mass is 10.1. The van der Waals surface area contributed by atoms with Crippen LogP contribution >= 0.6 is 0 Å². The van der Waals surface area contributed by atoms with E-state index in [2.05, 4.69) is 41.4 Å². The molecule has 17 heavy (non-hydrogen) atoms. The zero-order valence-electron chi connectivity index (χ0n) is 11.0. The first kappa shape index (κ1) is 12.1. The SMILES string of the molecule is CCNc1ncc(C)c(NC2CCCC2C)n1. The van der Waals surface area contributed by atoms with Crippen molar-refractivity contribution in [2.45, 2.75) is 46.1 Å². The number of anilines is 2. The Morgan fingerprint density at radius 3 is 2.88 bits per heavy atom. The zero-order valence-corrected chi connectivity index (χ0v) is 11.0. The van der Waals surface area contributed by atoms with Gasteiger partial charge in [0.1, 0.15) is 5.82 Å². The fourth-order valence-corrected chi connectivity index (χ4v) is 2.37. The minimum Gasteiger partial charge on any atom is -0.367 e. The predicted octanol–water partition coefficient (Wildman–Crippen LogP) is 2.82. The Morgan fingerprint density at radius 2 is 2.24 bits per heavy atom. The normalized spacial score (nSPS) is 23.7. The second kappa shape index (κ2) is 5.34. The Labute approximate surface area is 103 Å². The van der Waals surface area contributed by atoms with Gasteiger partial charge in [-0.2, -0.15) is 4.98 Å². The Balaban J connectivity index is 2.10. The third-order valence-electron chi connectivity index (χ3n) is 3.49. The summed E-state index contributed by atoms with van der Waals surface area (Å²) in [6, 6.07) is 0.568. The van der Waals surface area contributed by atoms with Crippen LogP contribution in [0.3, 0.4) is 0 Å². The standard InChI is InChI=1S/C13H22N4/c1-4-14-13-15-8-10(3)12(17-13)16-11-7-5-6-9(11)2/h8-9,11H,4-7H2,1-3H3,(H2,14,15,16,17). The van der Waals surface area contributed by atoms with E-state index >= 15 is 0 Å². The van der Waals surface area contributed by atoms with Gasteiger partial charge in [0.15, 0.2) is 0 Å². The lowest BCUT2D eigenvalue weighted by Crippen LogP contribution is -2.23. The van der Waals surface area contributed by atoms with Gasteiger partial charge in [0, 0.05) is 24.3 Å². The van der Waals surface area contributed by atoms with Crippen molar-refractivity contribution in [1.29, 1.82) is 0 Å². The Bertz CT molecular complexity index is 378. The third kappa shape index (κ3) is 2.87. The zero-order chi connectivity index (χ0) is 12.3. The van der Waals surface area contributed by atoms with Crippen LogP contribution in [0.25, 0.3) is 0 Å². The maximum absolute atomic E-state index is 4.53. The van der Waals surface area contributed by atoms with E-state index in [1.54, 1.807) is 0 Å². The molecule has 1 aliphatic carbocycles. The van der Waals surface area contributed by atoms with Gasteiger partial charge in [-0.3, -0.25) is 0 Å². The first-order valence-corrected chi connectivity index (χ1v) is 6.54. The molecule has 4 nitrogen and oxygen atoms in total. The van der Waals surface area contributed by atoms with Crippen molar-refractivity contribution in [2.75, 3.05) is 17.2 Å². The molecule has 1 aliphatic rings.